The van der Waals surface area contributed by atoms with Crippen molar-refractivity contribution in [3.63, 3.8) is 0 Å². The van der Waals surface area contributed by atoms with E-state index >= 15 is 0 Å². The Morgan fingerprint density at radius 2 is 1.62 bits per heavy atom. The van der Waals surface area contributed by atoms with E-state index in [-0.39, 0.29) is 30.0 Å². The molecule has 8 nitrogen and oxygen atoms in total. The second kappa shape index (κ2) is 10.0. The maximum absolute atomic E-state index is 13.4. The van der Waals surface area contributed by atoms with E-state index in [2.05, 4.69) is 10.3 Å². The van der Waals surface area contributed by atoms with Crippen molar-refractivity contribution in [3.8, 4) is 0 Å². The van der Waals surface area contributed by atoms with E-state index in [4.69, 9.17) is 4.74 Å². The fourth-order valence-electron chi connectivity index (χ4n) is 3.69. The van der Waals surface area contributed by atoms with E-state index in [1.165, 1.54) is 0 Å². The predicted octanol–water partition coefficient (Wildman–Crippen LogP) is 4.24. The zero-order valence-corrected chi connectivity index (χ0v) is 21.4. The first-order valence-corrected chi connectivity index (χ1v) is 13.5. The van der Waals surface area contributed by atoms with Gasteiger partial charge in [-0.15, -0.1) is 0 Å². The molecule has 1 N–H and O–H groups in total. The fourth-order valence-corrected chi connectivity index (χ4v) is 7.62. The summed E-state index contributed by atoms with van der Waals surface area (Å²) < 4.78 is 110. The number of benzene rings is 1. The topological polar surface area (TPSA) is 105 Å². The van der Waals surface area contributed by atoms with Crippen LogP contribution in [0.5, 0.6) is 0 Å². The highest BCUT2D eigenvalue weighted by Crippen LogP contribution is 2.44. The van der Waals surface area contributed by atoms with Gasteiger partial charge in [0.1, 0.15) is 5.60 Å². The third-order valence-electron chi connectivity index (χ3n) is 5.14. The van der Waals surface area contributed by atoms with Gasteiger partial charge in [0, 0.05) is 23.9 Å². The largest absolute Gasteiger partial charge is 0.444 e. The SMILES string of the molecule is CC(C)(C)OC(=O)NCCC(=O)N=C1SC2CS(=O)(=O)CC2N1c1cc(C(F)(F)F)cc(C(F)(F)F)c1. The number of hydrogen-bond donors (Lipinski definition) is 1. The van der Waals surface area contributed by atoms with Crippen LogP contribution in [-0.2, 0) is 31.7 Å². The van der Waals surface area contributed by atoms with Crippen LogP contribution in [-0.4, -0.2) is 60.5 Å². The number of carbonyl (C=O) groups is 2. The Morgan fingerprint density at radius 3 is 2.14 bits per heavy atom. The lowest BCUT2D eigenvalue weighted by Gasteiger charge is -2.26. The Labute approximate surface area is 212 Å². The summed E-state index contributed by atoms with van der Waals surface area (Å²) in [5.74, 6) is -1.73. The molecule has 16 heteroatoms. The number of ether oxygens (including phenoxy) is 1. The minimum atomic E-state index is -5.12. The second-order valence-electron chi connectivity index (χ2n) is 9.40. The van der Waals surface area contributed by atoms with Gasteiger partial charge in [0.25, 0.3) is 0 Å². The number of nitrogens with one attached hydrogen (secondary N) is 1. The summed E-state index contributed by atoms with van der Waals surface area (Å²) in [7, 11) is -3.62. The lowest BCUT2D eigenvalue weighted by atomic mass is 10.1. The van der Waals surface area contributed by atoms with Gasteiger partial charge in [0.05, 0.1) is 28.7 Å². The zero-order valence-electron chi connectivity index (χ0n) is 19.7. The minimum Gasteiger partial charge on any atom is -0.444 e. The van der Waals surface area contributed by atoms with Crippen molar-refractivity contribution in [1.82, 2.24) is 5.32 Å². The predicted molar refractivity (Wildman–Crippen MR) is 124 cm³/mol. The first-order valence-electron chi connectivity index (χ1n) is 10.8. The highest BCUT2D eigenvalue weighted by molar-refractivity contribution is 8.16. The summed E-state index contributed by atoms with van der Waals surface area (Å²) >= 11 is 0.791. The highest BCUT2D eigenvalue weighted by Gasteiger charge is 2.50. The molecule has 2 aliphatic heterocycles. The Morgan fingerprint density at radius 1 is 1.05 bits per heavy atom. The average Bonchev–Trinajstić information content (AvgIpc) is 3.15. The summed E-state index contributed by atoms with van der Waals surface area (Å²) in [6.07, 6.45) is -11.4. The Bertz CT molecular complexity index is 1180. The molecular weight excluding hydrogens is 552 g/mol. The minimum absolute atomic E-state index is 0.0418. The van der Waals surface area contributed by atoms with E-state index in [1.807, 2.05) is 0 Å². The lowest BCUT2D eigenvalue weighted by Crippen LogP contribution is -2.38. The molecule has 2 unspecified atom stereocenters. The maximum atomic E-state index is 13.4. The van der Waals surface area contributed by atoms with Gasteiger partial charge in [-0.3, -0.25) is 4.79 Å². The molecule has 0 spiro atoms. The van der Waals surface area contributed by atoms with Crippen molar-refractivity contribution in [3.05, 3.63) is 29.3 Å². The molecule has 2 atom stereocenters. The summed E-state index contributed by atoms with van der Waals surface area (Å²) in [4.78, 5) is 28.9. The lowest BCUT2D eigenvalue weighted by molar-refractivity contribution is -0.143. The molecule has 2 amide bonds. The molecule has 0 aliphatic carbocycles. The Hall–Kier alpha value is -2.49. The number of nitrogens with zero attached hydrogens (tertiary/aromatic N) is 2. The second-order valence-corrected chi connectivity index (χ2v) is 12.8. The number of amidine groups is 1. The third-order valence-corrected chi connectivity index (χ3v) is 8.35. The number of anilines is 1. The number of fused-ring (bicyclic) bond motifs is 1. The van der Waals surface area contributed by atoms with Crippen molar-refractivity contribution in [2.75, 3.05) is 23.0 Å². The van der Waals surface area contributed by atoms with Gasteiger partial charge in [-0.2, -0.15) is 31.3 Å². The smallest absolute Gasteiger partial charge is 0.416 e. The van der Waals surface area contributed by atoms with Crippen molar-refractivity contribution in [2.45, 2.75) is 56.4 Å². The summed E-state index contributed by atoms with van der Waals surface area (Å²) in [6, 6.07) is -0.133. The first kappa shape index (κ1) is 29.1. The molecule has 1 aromatic carbocycles. The number of rotatable bonds is 4. The molecule has 2 aliphatic rings. The number of aliphatic imine (C=N–C) groups is 1. The van der Waals surface area contributed by atoms with Crippen LogP contribution >= 0.6 is 11.8 Å². The highest BCUT2D eigenvalue weighted by atomic mass is 32.2. The van der Waals surface area contributed by atoms with Crippen LogP contribution in [0.1, 0.15) is 38.3 Å². The number of carbonyl (C=O) groups excluding carboxylic acids is 2. The van der Waals surface area contributed by atoms with Gasteiger partial charge in [0.2, 0.25) is 5.91 Å². The number of thioether (sulfide) groups is 1. The quantitative estimate of drug-likeness (QED) is 0.536. The molecule has 1 aromatic rings. The fraction of sp³-hybridized carbons (Fsp3) is 0.571. The van der Waals surface area contributed by atoms with Crippen molar-refractivity contribution < 1.29 is 49.1 Å². The number of halogens is 6. The van der Waals surface area contributed by atoms with Crippen molar-refractivity contribution >= 4 is 44.5 Å². The summed E-state index contributed by atoms with van der Waals surface area (Å²) in [6.45, 7) is 4.69. The van der Waals surface area contributed by atoms with E-state index in [0.29, 0.717) is 12.1 Å². The molecule has 206 valence electrons. The van der Waals surface area contributed by atoms with E-state index in [1.54, 1.807) is 20.8 Å². The van der Waals surface area contributed by atoms with Gasteiger partial charge in [-0.25, -0.2) is 13.2 Å². The van der Waals surface area contributed by atoms with E-state index in [0.717, 1.165) is 16.7 Å². The van der Waals surface area contributed by atoms with Crippen LogP contribution in [0.15, 0.2) is 23.2 Å². The van der Waals surface area contributed by atoms with Gasteiger partial charge in [-0.05, 0) is 39.0 Å². The molecule has 0 aromatic heterocycles. The molecule has 2 fully saturated rings. The van der Waals surface area contributed by atoms with Gasteiger partial charge >= 0.3 is 18.4 Å². The average molecular weight is 576 g/mol. The van der Waals surface area contributed by atoms with Crippen LogP contribution in [0, 0.1) is 0 Å². The number of amides is 2. The number of sulfone groups is 1. The zero-order chi connectivity index (χ0) is 28.0. The Kier molecular flexibility index (Phi) is 7.86. The van der Waals surface area contributed by atoms with Crippen LogP contribution in [0.3, 0.4) is 0 Å². The number of alkyl carbamates (subject to hydrolysis) is 1. The van der Waals surface area contributed by atoms with Crippen LogP contribution in [0.25, 0.3) is 0 Å². The molecular formula is C21H23F6N3O5S2. The number of hydrogen-bond acceptors (Lipinski definition) is 6. The molecule has 0 bridgehead atoms. The molecule has 2 saturated heterocycles. The van der Waals surface area contributed by atoms with Gasteiger partial charge in [0.15, 0.2) is 15.0 Å². The van der Waals surface area contributed by atoms with E-state index in [9.17, 15) is 44.3 Å². The van der Waals surface area contributed by atoms with Crippen LogP contribution < -0.4 is 10.2 Å². The normalized spacial score (nSPS) is 22.7. The van der Waals surface area contributed by atoms with Crippen molar-refractivity contribution in [1.29, 1.82) is 0 Å². The number of alkyl halides is 6. The molecule has 3 rings (SSSR count). The monoisotopic (exact) mass is 575 g/mol. The molecule has 0 radical (unpaired) electrons. The van der Waals surface area contributed by atoms with E-state index < -0.39 is 73.7 Å². The van der Waals surface area contributed by atoms with Gasteiger partial charge < -0.3 is 15.0 Å². The van der Waals surface area contributed by atoms with Crippen LogP contribution in [0.2, 0.25) is 0 Å². The van der Waals surface area contributed by atoms with Crippen LogP contribution in [0.4, 0.5) is 36.8 Å². The van der Waals surface area contributed by atoms with Crippen molar-refractivity contribution in [2.24, 2.45) is 4.99 Å². The maximum Gasteiger partial charge on any atom is 0.416 e. The molecule has 0 saturated carbocycles. The first-order chi connectivity index (χ1) is 16.7. The molecule has 37 heavy (non-hydrogen) atoms. The summed E-state index contributed by atoms with van der Waals surface area (Å²) in [5, 5.41) is 1.36. The summed E-state index contributed by atoms with van der Waals surface area (Å²) in [5.41, 5.74) is -4.54. The van der Waals surface area contributed by atoms with Gasteiger partial charge in [-0.1, -0.05) is 11.8 Å². The Balaban J connectivity index is 1.92. The molecule has 2 heterocycles. The third kappa shape index (κ3) is 7.52. The standard InChI is InChI=1S/C21H23F6N3O5S2/c1-19(2,3)35-18(32)28-5-4-16(31)29-17-30(14-9-37(33,34)10-15(14)36-17)13-7-11(20(22,23)24)6-12(8-13)21(25,26)27/h6-8,14-15H,4-5,9-10H2,1-3H3,(H,28,32).